The smallest absolute Gasteiger partial charge is 0.155 e. The fourth-order valence-electron chi connectivity index (χ4n) is 1.52. The van der Waals surface area contributed by atoms with Crippen LogP contribution in [0.2, 0.25) is 0 Å². The lowest BCUT2D eigenvalue weighted by molar-refractivity contribution is 0.482. The Morgan fingerprint density at radius 3 is 2.93 bits per heavy atom. The Bertz CT molecular complexity index is 485. The first-order valence-electron chi connectivity index (χ1n) is 4.45. The summed E-state index contributed by atoms with van der Waals surface area (Å²) >= 11 is 0. The minimum atomic E-state index is 0.831. The van der Waals surface area contributed by atoms with Gasteiger partial charge in [-0.25, -0.2) is 4.52 Å². The van der Waals surface area contributed by atoms with E-state index >= 15 is 0 Å². The number of fused-ring (bicyclic) bond motifs is 1. The van der Waals surface area contributed by atoms with Gasteiger partial charge in [-0.1, -0.05) is 6.58 Å². The Morgan fingerprint density at radius 1 is 1.43 bits per heavy atom. The van der Waals surface area contributed by atoms with Crippen LogP contribution in [0.4, 0.5) is 0 Å². The Hall–Kier alpha value is -1.77. The third kappa shape index (κ3) is 1.18. The van der Waals surface area contributed by atoms with Gasteiger partial charge in [-0.2, -0.15) is 5.10 Å². The first-order valence-corrected chi connectivity index (χ1v) is 4.45. The third-order valence-electron chi connectivity index (χ3n) is 2.22. The predicted molar refractivity (Wildman–Crippen MR) is 55.5 cm³/mol. The first-order chi connectivity index (χ1) is 6.74. The highest BCUT2D eigenvalue weighted by Crippen LogP contribution is 2.26. The van der Waals surface area contributed by atoms with E-state index in [0.29, 0.717) is 0 Å². The monoisotopic (exact) mass is 188 g/mol. The molecule has 0 saturated heterocycles. The molecule has 72 valence electrons. The SMILES string of the molecule is C=COc1c(C)ccn2ncc(C)c12. The first kappa shape index (κ1) is 8.81. The molecule has 0 fully saturated rings. The minimum Gasteiger partial charge on any atom is -0.463 e. The molecule has 0 atom stereocenters. The molecule has 2 rings (SSSR count). The van der Waals surface area contributed by atoms with Crippen LogP contribution < -0.4 is 4.74 Å². The zero-order valence-electron chi connectivity index (χ0n) is 8.32. The molecule has 0 aliphatic carbocycles. The Kier molecular flexibility index (Phi) is 2.00. The van der Waals surface area contributed by atoms with E-state index in [1.165, 1.54) is 6.26 Å². The molecule has 2 aromatic heterocycles. The molecule has 3 nitrogen and oxygen atoms in total. The summed E-state index contributed by atoms with van der Waals surface area (Å²) in [6, 6.07) is 1.97. The molecule has 0 radical (unpaired) electrons. The molecule has 0 amide bonds. The van der Waals surface area contributed by atoms with Gasteiger partial charge in [0, 0.05) is 6.20 Å². The number of hydrogen-bond acceptors (Lipinski definition) is 2. The van der Waals surface area contributed by atoms with E-state index < -0.39 is 0 Å². The molecular weight excluding hydrogens is 176 g/mol. The normalized spacial score (nSPS) is 10.4. The van der Waals surface area contributed by atoms with E-state index in [1.54, 1.807) is 4.52 Å². The van der Waals surface area contributed by atoms with Crippen molar-refractivity contribution in [2.75, 3.05) is 0 Å². The van der Waals surface area contributed by atoms with E-state index in [0.717, 1.165) is 22.4 Å². The summed E-state index contributed by atoms with van der Waals surface area (Å²) in [5.41, 5.74) is 3.19. The summed E-state index contributed by atoms with van der Waals surface area (Å²) in [4.78, 5) is 0. The second-order valence-corrected chi connectivity index (χ2v) is 3.23. The van der Waals surface area contributed by atoms with Crippen molar-refractivity contribution in [1.82, 2.24) is 9.61 Å². The summed E-state index contributed by atoms with van der Waals surface area (Å²) in [6.07, 6.45) is 5.19. The van der Waals surface area contributed by atoms with E-state index in [4.69, 9.17) is 4.74 Å². The topological polar surface area (TPSA) is 26.5 Å². The fourth-order valence-corrected chi connectivity index (χ4v) is 1.52. The highest BCUT2D eigenvalue weighted by Gasteiger charge is 2.08. The quantitative estimate of drug-likeness (QED) is 0.677. The number of pyridine rings is 1. The van der Waals surface area contributed by atoms with Gasteiger partial charge >= 0.3 is 0 Å². The largest absolute Gasteiger partial charge is 0.463 e. The number of rotatable bonds is 2. The van der Waals surface area contributed by atoms with E-state index in [9.17, 15) is 0 Å². The second-order valence-electron chi connectivity index (χ2n) is 3.23. The molecule has 14 heavy (non-hydrogen) atoms. The van der Waals surface area contributed by atoms with Crippen LogP contribution in [0.5, 0.6) is 5.75 Å². The van der Waals surface area contributed by atoms with Crippen molar-refractivity contribution in [3.05, 3.63) is 42.4 Å². The van der Waals surface area contributed by atoms with Crippen molar-refractivity contribution >= 4 is 5.52 Å². The van der Waals surface area contributed by atoms with Gasteiger partial charge in [0.05, 0.1) is 12.5 Å². The molecule has 0 bridgehead atoms. The Balaban J connectivity index is 2.79. The van der Waals surface area contributed by atoms with Gasteiger partial charge < -0.3 is 4.74 Å². The summed E-state index contributed by atoms with van der Waals surface area (Å²) < 4.78 is 7.20. The van der Waals surface area contributed by atoms with E-state index in [2.05, 4.69) is 11.7 Å². The maximum atomic E-state index is 5.39. The number of hydrogen-bond donors (Lipinski definition) is 0. The molecule has 0 aliphatic heterocycles. The summed E-state index contributed by atoms with van der Waals surface area (Å²) in [6.45, 7) is 7.58. The van der Waals surface area contributed by atoms with Crippen LogP contribution >= 0.6 is 0 Å². The standard InChI is InChI=1S/C11H12N2O/c1-4-14-11-8(2)5-6-13-10(11)9(3)7-12-13/h4-7H,1H2,2-3H3. The van der Waals surface area contributed by atoms with E-state index in [1.807, 2.05) is 32.3 Å². The molecule has 3 heteroatoms. The van der Waals surface area contributed by atoms with Crippen molar-refractivity contribution in [1.29, 1.82) is 0 Å². The Morgan fingerprint density at radius 2 is 2.21 bits per heavy atom. The highest BCUT2D eigenvalue weighted by atomic mass is 16.5. The van der Waals surface area contributed by atoms with Crippen LogP contribution in [0.1, 0.15) is 11.1 Å². The van der Waals surface area contributed by atoms with Crippen LogP contribution in [-0.4, -0.2) is 9.61 Å². The molecule has 0 unspecified atom stereocenters. The average Bonchev–Trinajstić information content (AvgIpc) is 2.53. The molecule has 0 saturated carbocycles. The van der Waals surface area contributed by atoms with Gasteiger partial charge in [0.15, 0.2) is 5.75 Å². The number of aryl methyl sites for hydroxylation is 2. The average molecular weight is 188 g/mol. The third-order valence-corrected chi connectivity index (χ3v) is 2.22. The zero-order chi connectivity index (χ0) is 10.1. The van der Waals surface area contributed by atoms with Gasteiger partial charge in [-0.15, -0.1) is 0 Å². The highest BCUT2D eigenvalue weighted by molar-refractivity contribution is 5.67. The van der Waals surface area contributed by atoms with Gasteiger partial charge in [0.1, 0.15) is 5.52 Å². The molecule has 2 aromatic rings. The summed E-state index contributed by atoms with van der Waals surface area (Å²) in [5.74, 6) is 0.831. The molecule has 0 aromatic carbocycles. The fraction of sp³-hybridized carbons (Fsp3) is 0.182. The second kappa shape index (κ2) is 3.18. The van der Waals surface area contributed by atoms with Gasteiger partial charge in [-0.3, -0.25) is 0 Å². The van der Waals surface area contributed by atoms with Crippen LogP contribution in [0.15, 0.2) is 31.3 Å². The lowest BCUT2D eigenvalue weighted by Gasteiger charge is -2.06. The molecule has 2 heterocycles. The molecule has 0 spiro atoms. The number of ether oxygens (including phenoxy) is 1. The van der Waals surface area contributed by atoms with Crippen molar-refractivity contribution in [2.24, 2.45) is 0 Å². The maximum Gasteiger partial charge on any atom is 0.155 e. The minimum absolute atomic E-state index is 0.831. The lowest BCUT2D eigenvalue weighted by Crippen LogP contribution is -1.93. The van der Waals surface area contributed by atoms with Crippen molar-refractivity contribution < 1.29 is 4.74 Å². The predicted octanol–water partition coefficient (Wildman–Crippen LogP) is 2.47. The molecular formula is C11H12N2O. The van der Waals surface area contributed by atoms with Crippen LogP contribution in [0.3, 0.4) is 0 Å². The van der Waals surface area contributed by atoms with Crippen LogP contribution in [0, 0.1) is 13.8 Å². The maximum absolute atomic E-state index is 5.39. The van der Waals surface area contributed by atoms with Gasteiger partial charge in [0.2, 0.25) is 0 Å². The Labute approximate surface area is 82.6 Å². The van der Waals surface area contributed by atoms with Crippen molar-refractivity contribution in [3.63, 3.8) is 0 Å². The number of aromatic nitrogens is 2. The van der Waals surface area contributed by atoms with Crippen LogP contribution in [0.25, 0.3) is 5.52 Å². The van der Waals surface area contributed by atoms with Gasteiger partial charge in [-0.05, 0) is 31.0 Å². The zero-order valence-corrected chi connectivity index (χ0v) is 8.32. The van der Waals surface area contributed by atoms with Crippen molar-refractivity contribution in [3.8, 4) is 5.75 Å². The lowest BCUT2D eigenvalue weighted by atomic mass is 10.2. The summed E-state index contributed by atoms with van der Waals surface area (Å²) in [5, 5.41) is 4.20. The van der Waals surface area contributed by atoms with Gasteiger partial charge in [0.25, 0.3) is 0 Å². The summed E-state index contributed by atoms with van der Waals surface area (Å²) in [7, 11) is 0. The van der Waals surface area contributed by atoms with Crippen LogP contribution in [-0.2, 0) is 0 Å². The number of nitrogens with zero attached hydrogens (tertiary/aromatic N) is 2. The molecule has 0 aliphatic rings. The van der Waals surface area contributed by atoms with Crippen molar-refractivity contribution in [2.45, 2.75) is 13.8 Å². The molecule has 0 N–H and O–H groups in total. The van der Waals surface area contributed by atoms with E-state index in [-0.39, 0.29) is 0 Å².